The molecule has 0 fully saturated rings. The maximum atomic E-state index is 13.0. The van der Waals surface area contributed by atoms with Gasteiger partial charge in [-0.3, -0.25) is 9.52 Å². The molecule has 1 aliphatic carbocycles. The van der Waals surface area contributed by atoms with Crippen molar-refractivity contribution in [2.24, 2.45) is 5.92 Å². The number of nitrogens with one attached hydrogen (secondary N) is 2. The molecule has 43 heavy (non-hydrogen) atoms. The molecule has 2 aliphatic rings. The normalized spacial score (nSPS) is 16.4. The summed E-state index contributed by atoms with van der Waals surface area (Å²) in [7, 11) is -3.94. The van der Waals surface area contributed by atoms with Crippen molar-refractivity contribution in [3.63, 3.8) is 0 Å². The van der Waals surface area contributed by atoms with Gasteiger partial charge < -0.3 is 24.3 Å². The van der Waals surface area contributed by atoms with Crippen molar-refractivity contribution in [3.8, 4) is 11.5 Å². The number of carbonyl (C=O) groups excluding carboxylic acids is 3. The molecule has 0 saturated carbocycles. The van der Waals surface area contributed by atoms with Crippen LogP contribution in [-0.4, -0.2) is 52.2 Å². The van der Waals surface area contributed by atoms with E-state index in [0.29, 0.717) is 41.2 Å². The second-order valence-corrected chi connectivity index (χ2v) is 13.1. The number of rotatable bonds is 9. The molecule has 1 amide bonds. The van der Waals surface area contributed by atoms with Crippen molar-refractivity contribution in [2.45, 2.75) is 51.0 Å². The van der Waals surface area contributed by atoms with E-state index in [0.717, 1.165) is 29.7 Å². The Kier molecular flexibility index (Phi) is 8.92. The zero-order valence-electron chi connectivity index (χ0n) is 23.9. The number of hydrogen-bond donors (Lipinski definition) is 2. The smallest absolute Gasteiger partial charge is 0.341 e. The maximum Gasteiger partial charge on any atom is 0.341 e. The first-order valence-corrected chi connectivity index (χ1v) is 16.2. The number of anilines is 2. The van der Waals surface area contributed by atoms with E-state index in [1.807, 2.05) is 0 Å². The van der Waals surface area contributed by atoms with Crippen LogP contribution in [0.2, 0.25) is 0 Å². The fourth-order valence-electron chi connectivity index (χ4n) is 4.83. The largest absolute Gasteiger partial charge is 0.486 e. The predicted octanol–water partition coefficient (Wildman–Crippen LogP) is 4.81. The van der Waals surface area contributed by atoms with Crippen LogP contribution in [0.4, 0.5) is 10.7 Å². The maximum absolute atomic E-state index is 13.0. The number of ether oxygens (including phenoxy) is 4. The van der Waals surface area contributed by atoms with Gasteiger partial charge in [-0.25, -0.2) is 18.0 Å². The van der Waals surface area contributed by atoms with E-state index in [1.165, 1.54) is 60.7 Å². The summed E-state index contributed by atoms with van der Waals surface area (Å²) < 4.78 is 49.8. The van der Waals surface area contributed by atoms with E-state index in [1.54, 1.807) is 6.92 Å². The molecule has 2 atom stereocenters. The van der Waals surface area contributed by atoms with Crippen LogP contribution in [0.5, 0.6) is 11.5 Å². The molecule has 0 bridgehead atoms. The highest BCUT2D eigenvalue weighted by atomic mass is 32.2. The molecule has 0 saturated heterocycles. The van der Waals surface area contributed by atoms with E-state index in [4.69, 9.17) is 18.9 Å². The lowest BCUT2D eigenvalue weighted by Crippen LogP contribution is -2.30. The first kappa shape index (κ1) is 30.4. The number of carbonyl (C=O) groups is 3. The van der Waals surface area contributed by atoms with Crippen molar-refractivity contribution in [1.29, 1.82) is 0 Å². The summed E-state index contributed by atoms with van der Waals surface area (Å²) in [4.78, 5) is 39.6. The molecular formula is C30H32N2O9S2. The Morgan fingerprint density at radius 2 is 1.77 bits per heavy atom. The lowest BCUT2D eigenvalue weighted by Gasteiger charge is -2.19. The molecule has 228 valence electrons. The lowest BCUT2D eigenvalue weighted by atomic mass is 9.88. The zero-order chi connectivity index (χ0) is 30.7. The van der Waals surface area contributed by atoms with Gasteiger partial charge in [0.1, 0.15) is 18.2 Å². The molecule has 0 radical (unpaired) electrons. The number of fused-ring (bicyclic) bond motifs is 2. The Bertz CT molecular complexity index is 1650. The summed E-state index contributed by atoms with van der Waals surface area (Å²) in [5.41, 5.74) is 1.62. The molecule has 0 spiro atoms. The van der Waals surface area contributed by atoms with Crippen LogP contribution in [0.1, 0.15) is 58.3 Å². The minimum atomic E-state index is -3.94. The van der Waals surface area contributed by atoms with E-state index in [9.17, 15) is 22.8 Å². The second-order valence-electron chi connectivity index (χ2n) is 10.3. The third-order valence-electron chi connectivity index (χ3n) is 7.08. The number of thiophene rings is 1. The van der Waals surface area contributed by atoms with Gasteiger partial charge >= 0.3 is 11.9 Å². The first-order valence-electron chi connectivity index (χ1n) is 13.9. The molecule has 2 heterocycles. The van der Waals surface area contributed by atoms with Crippen molar-refractivity contribution in [3.05, 3.63) is 64.0 Å². The number of hydrogen-bond acceptors (Lipinski definition) is 10. The quantitative estimate of drug-likeness (QED) is 0.319. The molecule has 3 aromatic rings. The Morgan fingerprint density at radius 1 is 1.05 bits per heavy atom. The number of amides is 1. The van der Waals surface area contributed by atoms with Crippen LogP contribution in [-0.2, 0) is 37.1 Å². The molecular weight excluding hydrogens is 596 g/mol. The van der Waals surface area contributed by atoms with E-state index in [-0.39, 0.29) is 22.8 Å². The van der Waals surface area contributed by atoms with Gasteiger partial charge in [0.05, 0.1) is 22.6 Å². The van der Waals surface area contributed by atoms with Crippen molar-refractivity contribution in [2.75, 3.05) is 29.9 Å². The molecule has 11 nitrogen and oxygen atoms in total. The monoisotopic (exact) mass is 628 g/mol. The highest BCUT2D eigenvalue weighted by Crippen LogP contribution is 2.40. The Hall–Kier alpha value is -4.10. The number of benzene rings is 2. The summed E-state index contributed by atoms with van der Waals surface area (Å²) >= 11 is 1.35. The molecule has 2 aromatic carbocycles. The van der Waals surface area contributed by atoms with Gasteiger partial charge in [0.25, 0.3) is 15.9 Å². The Labute approximate surface area is 253 Å². The highest BCUT2D eigenvalue weighted by Gasteiger charge is 2.30. The van der Waals surface area contributed by atoms with Gasteiger partial charge in [0, 0.05) is 16.6 Å². The summed E-state index contributed by atoms with van der Waals surface area (Å²) in [5.74, 6) is -0.558. The van der Waals surface area contributed by atoms with Gasteiger partial charge in [-0.2, -0.15) is 0 Å². The van der Waals surface area contributed by atoms with Gasteiger partial charge in [-0.1, -0.05) is 6.92 Å². The third-order valence-corrected chi connectivity index (χ3v) is 9.63. The number of sulfonamides is 1. The molecule has 5 rings (SSSR count). The lowest BCUT2D eigenvalue weighted by molar-refractivity contribution is -0.123. The fourth-order valence-corrected chi connectivity index (χ4v) is 7.31. The van der Waals surface area contributed by atoms with Crippen LogP contribution < -0.4 is 19.5 Å². The third kappa shape index (κ3) is 6.78. The zero-order valence-corrected chi connectivity index (χ0v) is 25.6. The second kappa shape index (κ2) is 12.6. The standard InChI is InChI=1S/C30H32N2O9S2/c1-4-38-30(35)26-22-11-5-17(2)15-25(22)42-28(26)31-27(33)18(3)41-29(34)19-6-8-20(9-7-19)32-43(36,37)21-10-12-23-24(16-21)40-14-13-39-23/h6-10,12,16-18,32H,4-5,11,13-15H2,1-3H3,(H,31,33). The Balaban J connectivity index is 1.22. The predicted molar refractivity (Wildman–Crippen MR) is 160 cm³/mol. The summed E-state index contributed by atoms with van der Waals surface area (Å²) in [6.07, 6.45) is 1.31. The van der Waals surface area contributed by atoms with Crippen molar-refractivity contribution >= 4 is 49.9 Å². The van der Waals surface area contributed by atoms with Crippen LogP contribution in [0, 0.1) is 5.92 Å². The van der Waals surface area contributed by atoms with Gasteiger partial charge in [-0.15, -0.1) is 11.3 Å². The van der Waals surface area contributed by atoms with E-state index < -0.39 is 34.0 Å². The molecule has 2 N–H and O–H groups in total. The molecule has 1 aliphatic heterocycles. The average molecular weight is 629 g/mol. The fraction of sp³-hybridized carbons (Fsp3) is 0.367. The van der Waals surface area contributed by atoms with E-state index in [2.05, 4.69) is 17.0 Å². The topological polar surface area (TPSA) is 146 Å². The first-order chi connectivity index (χ1) is 20.6. The number of esters is 2. The van der Waals surface area contributed by atoms with Gasteiger partial charge in [0.15, 0.2) is 17.6 Å². The summed E-state index contributed by atoms with van der Waals surface area (Å²) in [5, 5.41) is 3.14. The minimum absolute atomic E-state index is 0.00714. The Morgan fingerprint density at radius 3 is 2.49 bits per heavy atom. The summed E-state index contributed by atoms with van der Waals surface area (Å²) in [6.45, 7) is 6.23. The van der Waals surface area contributed by atoms with Crippen LogP contribution >= 0.6 is 11.3 Å². The minimum Gasteiger partial charge on any atom is -0.486 e. The SMILES string of the molecule is CCOC(=O)c1c(NC(=O)C(C)OC(=O)c2ccc(NS(=O)(=O)c3ccc4c(c3)OCCO4)cc2)sc2c1CCC(C)C2. The molecule has 2 unspecified atom stereocenters. The molecule has 13 heteroatoms. The highest BCUT2D eigenvalue weighted by molar-refractivity contribution is 7.92. The average Bonchev–Trinajstić information content (AvgIpc) is 3.33. The molecule has 1 aromatic heterocycles. The van der Waals surface area contributed by atoms with Gasteiger partial charge in [0.2, 0.25) is 0 Å². The van der Waals surface area contributed by atoms with E-state index >= 15 is 0 Å². The van der Waals surface area contributed by atoms with Crippen molar-refractivity contribution < 1.29 is 41.7 Å². The summed E-state index contributed by atoms with van der Waals surface area (Å²) in [6, 6.07) is 9.94. The van der Waals surface area contributed by atoms with Crippen LogP contribution in [0.25, 0.3) is 0 Å². The van der Waals surface area contributed by atoms with Crippen LogP contribution in [0.3, 0.4) is 0 Å². The van der Waals surface area contributed by atoms with Crippen molar-refractivity contribution in [1.82, 2.24) is 0 Å². The van der Waals surface area contributed by atoms with Crippen LogP contribution in [0.15, 0.2) is 47.4 Å². The van der Waals surface area contributed by atoms with Gasteiger partial charge in [-0.05, 0) is 81.0 Å².